The monoisotopic (exact) mass is 216 g/mol. The molecule has 0 aromatic heterocycles. The van der Waals surface area contributed by atoms with Crippen molar-refractivity contribution in [3.8, 4) is 5.75 Å². The molecule has 0 saturated carbocycles. The second kappa shape index (κ2) is 4.31. The molecule has 0 unspecified atom stereocenters. The molecule has 0 spiro atoms. The van der Waals surface area contributed by atoms with Crippen molar-refractivity contribution in [2.45, 2.75) is 19.3 Å². The van der Waals surface area contributed by atoms with Crippen LogP contribution in [-0.2, 0) is 0 Å². The van der Waals surface area contributed by atoms with Crippen LogP contribution in [0.15, 0.2) is 41.2 Å². The molecule has 3 heteroatoms. The average molecular weight is 216 g/mol. The van der Waals surface area contributed by atoms with Crippen molar-refractivity contribution in [3.63, 3.8) is 0 Å². The zero-order valence-electron chi connectivity index (χ0n) is 9.11. The highest BCUT2D eigenvalue weighted by Gasteiger charge is 2.12. The maximum atomic E-state index is 9.66. The van der Waals surface area contributed by atoms with Gasteiger partial charge in [-0.1, -0.05) is 18.2 Å². The lowest BCUT2D eigenvalue weighted by Crippen LogP contribution is -2.15. The van der Waals surface area contributed by atoms with Crippen LogP contribution in [-0.4, -0.2) is 5.11 Å². The Bertz CT molecular complexity index is 461. The number of nitrogens with two attached hydrogens (primary N) is 2. The quantitative estimate of drug-likeness (QED) is 0.673. The molecular formula is C13H16N2O. The standard InChI is InChI=1S/C13H16N2O/c14-11-6-3-5-10(13(11)15)8-9-4-1-2-7-12(9)16/h1-2,4,7-8,16H,3,5-6,14-15H2. The van der Waals surface area contributed by atoms with Crippen LogP contribution >= 0.6 is 0 Å². The number of phenols is 1. The summed E-state index contributed by atoms with van der Waals surface area (Å²) in [5.41, 5.74) is 15.0. The molecular weight excluding hydrogens is 200 g/mol. The van der Waals surface area contributed by atoms with Gasteiger partial charge in [0.05, 0.1) is 5.70 Å². The zero-order chi connectivity index (χ0) is 11.5. The summed E-state index contributed by atoms with van der Waals surface area (Å²) in [5.74, 6) is 0.270. The Morgan fingerprint density at radius 1 is 1.12 bits per heavy atom. The Kier molecular flexibility index (Phi) is 2.86. The topological polar surface area (TPSA) is 72.3 Å². The summed E-state index contributed by atoms with van der Waals surface area (Å²) >= 11 is 0. The molecule has 16 heavy (non-hydrogen) atoms. The molecule has 0 bridgehead atoms. The van der Waals surface area contributed by atoms with Gasteiger partial charge in [0.2, 0.25) is 0 Å². The number of hydrogen-bond donors (Lipinski definition) is 3. The van der Waals surface area contributed by atoms with Gasteiger partial charge >= 0.3 is 0 Å². The molecule has 0 amide bonds. The van der Waals surface area contributed by atoms with Gasteiger partial charge in [-0.05, 0) is 37.0 Å². The van der Waals surface area contributed by atoms with E-state index in [1.807, 2.05) is 18.2 Å². The molecule has 0 fully saturated rings. The van der Waals surface area contributed by atoms with Gasteiger partial charge in [-0.15, -0.1) is 0 Å². The number of benzene rings is 1. The minimum atomic E-state index is 0.270. The first-order chi connectivity index (χ1) is 7.68. The van der Waals surface area contributed by atoms with Crippen molar-refractivity contribution in [2.24, 2.45) is 11.5 Å². The summed E-state index contributed by atoms with van der Waals surface area (Å²) in [5, 5.41) is 9.66. The fraction of sp³-hybridized carbons (Fsp3) is 0.231. The molecule has 84 valence electrons. The molecule has 0 aliphatic heterocycles. The van der Waals surface area contributed by atoms with Gasteiger partial charge in [0.15, 0.2) is 0 Å². The fourth-order valence-corrected chi connectivity index (χ4v) is 1.89. The van der Waals surface area contributed by atoms with Crippen LogP contribution in [0.4, 0.5) is 0 Å². The molecule has 5 N–H and O–H groups in total. The van der Waals surface area contributed by atoms with Gasteiger partial charge in [0.1, 0.15) is 5.75 Å². The molecule has 2 rings (SSSR count). The molecule has 0 heterocycles. The van der Waals surface area contributed by atoms with E-state index in [0.29, 0.717) is 5.70 Å². The largest absolute Gasteiger partial charge is 0.507 e. The van der Waals surface area contributed by atoms with E-state index >= 15 is 0 Å². The molecule has 0 radical (unpaired) electrons. The first kappa shape index (κ1) is 10.6. The highest BCUT2D eigenvalue weighted by molar-refractivity contribution is 5.63. The van der Waals surface area contributed by atoms with Gasteiger partial charge in [-0.3, -0.25) is 0 Å². The minimum Gasteiger partial charge on any atom is -0.507 e. The molecule has 1 aliphatic rings. The van der Waals surface area contributed by atoms with E-state index in [9.17, 15) is 5.11 Å². The van der Waals surface area contributed by atoms with Gasteiger partial charge < -0.3 is 16.6 Å². The molecule has 1 aliphatic carbocycles. The number of hydrogen-bond acceptors (Lipinski definition) is 3. The van der Waals surface area contributed by atoms with Crippen LogP contribution in [0.25, 0.3) is 6.08 Å². The van der Waals surface area contributed by atoms with E-state index in [4.69, 9.17) is 11.5 Å². The predicted molar refractivity (Wildman–Crippen MR) is 65.3 cm³/mol. The second-order valence-corrected chi connectivity index (χ2v) is 4.02. The second-order valence-electron chi connectivity index (χ2n) is 4.02. The number of phenolic OH excluding ortho intramolecular Hbond substituents is 1. The third-order valence-corrected chi connectivity index (χ3v) is 2.85. The van der Waals surface area contributed by atoms with E-state index in [-0.39, 0.29) is 5.75 Å². The summed E-state index contributed by atoms with van der Waals surface area (Å²) in [6.45, 7) is 0. The maximum Gasteiger partial charge on any atom is 0.122 e. The van der Waals surface area contributed by atoms with Gasteiger partial charge in [0.25, 0.3) is 0 Å². The summed E-state index contributed by atoms with van der Waals surface area (Å²) in [7, 11) is 0. The normalized spacial score (nSPS) is 19.1. The van der Waals surface area contributed by atoms with Crippen molar-refractivity contribution in [2.75, 3.05) is 0 Å². The number of rotatable bonds is 1. The SMILES string of the molecule is NC1=C(N)C(=Cc2ccccc2O)CCC1. The van der Waals surface area contributed by atoms with Crippen molar-refractivity contribution in [3.05, 3.63) is 46.8 Å². The number of aromatic hydroxyl groups is 1. The van der Waals surface area contributed by atoms with Crippen LogP contribution in [0.3, 0.4) is 0 Å². The first-order valence-electron chi connectivity index (χ1n) is 5.41. The molecule has 0 saturated heterocycles. The van der Waals surface area contributed by atoms with Crippen LogP contribution < -0.4 is 11.5 Å². The van der Waals surface area contributed by atoms with Crippen LogP contribution in [0.5, 0.6) is 5.75 Å². The van der Waals surface area contributed by atoms with Crippen LogP contribution in [0.2, 0.25) is 0 Å². The van der Waals surface area contributed by atoms with Gasteiger partial charge in [0, 0.05) is 11.3 Å². The lowest BCUT2D eigenvalue weighted by atomic mass is 9.94. The third kappa shape index (κ3) is 2.03. The molecule has 1 aromatic rings. The van der Waals surface area contributed by atoms with E-state index in [2.05, 4.69) is 0 Å². The molecule has 3 nitrogen and oxygen atoms in total. The highest BCUT2D eigenvalue weighted by atomic mass is 16.3. The zero-order valence-corrected chi connectivity index (χ0v) is 9.11. The Labute approximate surface area is 95.1 Å². The molecule has 1 aromatic carbocycles. The summed E-state index contributed by atoms with van der Waals surface area (Å²) < 4.78 is 0. The Morgan fingerprint density at radius 2 is 1.88 bits per heavy atom. The van der Waals surface area contributed by atoms with Crippen molar-refractivity contribution < 1.29 is 5.11 Å². The lowest BCUT2D eigenvalue weighted by molar-refractivity contribution is 0.474. The van der Waals surface area contributed by atoms with Crippen LogP contribution in [0, 0.1) is 0 Å². The van der Waals surface area contributed by atoms with E-state index in [0.717, 1.165) is 36.1 Å². The minimum absolute atomic E-state index is 0.270. The van der Waals surface area contributed by atoms with E-state index in [1.54, 1.807) is 12.1 Å². The average Bonchev–Trinajstić information content (AvgIpc) is 2.28. The lowest BCUT2D eigenvalue weighted by Gasteiger charge is -2.17. The smallest absolute Gasteiger partial charge is 0.122 e. The summed E-state index contributed by atoms with van der Waals surface area (Å²) in [6.07, 6.45) is 4.72. The van der Waals surface area contributed by atoms with E-state index in [1.165, 1.54) is 0 Å². The van der Waals surface area contributed by atoms with Gasteiger partial charge in [-0.2, -0.15) is 0 Å². The summed E-state index contributed by atoms with van der Waals surface area (Å²) in [6, 6.07) is 7.21. The van der Waals surface area contributed by atoms with Crippen molar-refractivity contribution in [1.82, 2.24) is 0 Å². The molecule has 0 atom stereocenters. The Balaban J connectivity index is 2.38. The number of allylic oxidation sites excluding steroid dienone is 2. The third-order valence-electron chi connectivity index (χ3n) is 2.85. The van der Waals surface area contributed by atoms with Crippen molar-refractivity contribution in [1.29, 1.82) is 0 Å². The Hall–Kier alpha value is -1.90. The van der Waals surface area contributed by atoms with Gasteiger partial charge in [-0.25, -0.2) is 0 Å². The first-order valence-corrected chi connectivity index (χ1v) is 5.41. The maximum absolute atomic E-state index is 9.66. The van der Waals surface area contributed by atoms with Crippen LogP contribution in [0.1, 0.15) is 24.8 Å². The Morgan fingerprint density at radius 3 is 2.62 bits per heavy atom. The highest BCUT2D eigenvalue weighted by Crippen LogP contribution is 2.28. The van der Waals surface area contributed by atoms with E-state index < -0.39 is 0 Å². The predicted octanol–water partition coefficient (Wildman–Crippen LogP) is 2.09. The van der Waals surface area contributed by atoms with Crippen molar-refractivity contribution >= 4 is 6.08 Å². The number of para-hydroxylation sites is 1. The summed E-state index contributed by atoms with van der Waals surface area (Å²) in [4.78, 5) is 0. The fourth-order valence-electron chi connectivity index (χ4n) is 1.89.